The highest BCUT2D eigenvalue weighted by molar-refractivity contribution is 6.33. The molecule has 3 saturated heterocycles. The molecular weight excluding hydrogens is 804 g/mol. The molecule has 2 aromatic heterocycles. The quantitative estimate of drug-likeness (QED) is 0.186. The number of carbonyl (C=O) groups is 5. The van der Waals surface area contributed by atoms with Crippen molar-refractivity contribution in [3.8, 4) is 5.75 Å². The number of anilines is 4. The summed E-state index contributed by atoms with van der Waals surface area (Å²) in [6.45, 7) is 11.2. The fraction of sp³-hybridized carbons (Fsp3) is 0.442. The third-order valence-electron chi connectivity index (χ3n) is 12.1. The number of ether oxygens (including phenoxy) is 1. The van der Waals surface area contributed by atoms with Crippen molar-refractivity contribution in [2.45, 2.75) is 58.5 Å². The summed E-state index contributed by atoms with van der Waals surface area (Å²) < 4.78 is 7.25. The Balaban J connectivity index is 0.864. The second-order valence-electron chi connectivity index (χ2n) is 16.3. The first-order valence-electron chi connectivity index (χ1n) is 20.7. The van der Waals surface area contributed by atoms with Gasteiger partial charge in [0.05, 0.1) is 22.8 Å². The van der Waals surface area contributed by atoms with Crippen molar-refractivity contribution in [1.29, 1.82) is 0 Å². The van der Waals surface area contributed by atoms with E-state index in [1.54, 1.807) is 22.9 Å². The van der Waals surface area contributed by atoms with Crippen LogP contribution in [0.3, 0.4) is 0 Å². The SMILES string of the molecule is CNC(=O)COc1cc2cc(Nc3nc(N4CCC(CN5CCN(c6ccc7c(c6C)C(=O)N(C6CCC(=O)NC6=O)C7=O)CC5)CC4)ncc3Cl)ccc2n(C(C)C)c1=O. The van der Waals surface area contributed by atoms with Gasteiger partial charge in [-0.25, -0.2) is 4.98 Å². The largest absolute Gasteiger partial charge is 0.478 e. The summed E-state index contributed by atoms with van der Waals surface area (Å²) in [4.78, 5) is 93.5. The number of piperidine rings is 2. The van der Waals surface area contributed by atoms with Crippen LogP contribution in [0.15, 0.2) is 47.4 Å². The number of rotatable bonds is 11. The van der Waals surface area contributed by atoms with E-state index in [0.717, 1.165) is 85.7 Å². The van der Waals surface area contributed by atoms with Gasteiger partial charge in [0.2, 0.25) is 17.8 Å². The van der Waals surface area contributed by atoms with E-state index in [-0.39, 0.29) is 42.7 Å². The first-order chi connectivity index (χ1) is 29.3. The van der Waals surface area contributed by atoms with E-state index < -0.39 is 29.7 Å². The van der Waals surface area contributed by atoms with Crippen molar-refractivity contribution in [2.75, 3.05) is 74.6 Å². The molecule has 0 aliphatic carbocycles. The summed E-state index contributed by atoms with van der Waals surface area (Å²) in [6.07, 6.45) is 3.76. The second-order valence-corrected chi connectivity index (χ2v) is 16.7. The van der Waals surface area contributed by atoms with Gasteiger partial charge in [0, 0.05) is 82.1 Å². The minimum Gasteiger partial charge on any atom is -0.478 e. The topological polar surface area (TPSA) is 191 Å². The van der Waals surface area contributed by atoms with Crippen molar-refractivity contribution in [1.82, 2.24) is 35.0 Å². The lowest BCUT2D eigenvalue weighted by atomic mass is 9.96. The van der Waals surface area contributed by atoms with Gasteiger partial charge in [-0.15, -0.1) is 0 Å². The highest BCUT2D eigenvalue weighted by atomic mass is 35.5. The van der Waals surface area contributed by atoms with Crippen LogP contribution in [0.1, 0.15) is 71.9 Å². The number of hydrogen-bond donors (Lipinski definition) is 3. The van der Waals surface area contributed by atoms with E-state index in [9.17, 15) is 28.8 Å². The zero-order valence-corrected chi connectivity index (χ0v) is 35.4. The molecule has 1 atom stereocenters. The Morgan fingerprint density at radius 1 is 0.951 bits per heavy atom. The van der Waals surface area contributed by atoms with Crippen LogP contribution in [0.4, 0.5) is 23.1 Å². The van der Waals surface area contributed by atoms with E-state index in [1.807, 2.05) is 45.0 Å². The standard InChI is InChI=1S/C43H49ClN10O7/c1-24(2)53-32-7-5-28(19-27(32)20-34(41(53)59)61-23-36(56)45-4)47-38-30(44)21-46-43(49-38)52-13-11-26(12-14-52)22-50-15-17-51(18-16-50)31-8-6-29-37(25(31)3)42(60)54(40(29)58)33-9-10-35(55)48-39(33)57/h5-8,19-21,24,26,33H,9-18,22-23H2,1-4H3,(H,45,56)(H,46,47,49)(H,48,55,57). The maximum atomic E-state index is 13.6. The average molecular weight is 853 g/mol. The molecule has 61 heavy (non-hydrogen) atoms. The van der Waals surface area contributed by atoms with Gasteiger partial charge in [-0.1, -0.05) is 11.6 Å². The van der Waals surface area contributed by atoms with Crippen LogP contribution in [0.25, 0.3) is 10.9 Å². The highest BCUT2D eigenvalue weighted by Gasteiger charge is 2.46. The van der Waals surface area contributed by atoms with Gasteiger partial charge in [-0.3, -0.25) is 43.9 Å². The van der Waals surface area contributed by atoms with Crippen LogP contribution in [0.2, 0.25) is 5.02 Å². The van der Waals surface area contributed by atoms with E-state index in [0.29, 0.717) is 39.5 Å². The zero-order chi connectivity index (χ0) is 43.1. The van der Waals surface area contributed by atoms with Crippen molar-refractivity contribution in [3.05, 3.63) is 74.7 Å². The molecule has 0 bridgehead atoms. The molecule has 0 saturated carbocycles. The van der Waals surface area contributed by atoms with Crippen LogP contribution in [-0.4, -0.2) is 119 Å². The number of benzene rings is 2. The molecule has 4 aliphatic rings. The van der Waals surface area contributed by atoms with Crippen LogP contribution >= 0.6 is 11.6 Å². The Hall–Kier alpha value is -6.07. The minimum absolute atomic E-state index is 0.0795. The predicted octanol–water partition coefficient (Wildman–Crippen LogP) is 3.64. The molecule has 2 aromatic carbocycles. The maximum Gasteiger partial charge on any atom is 0.293 e. The number of aromatic nitrogens is 3. The van der Waals surface area contributed by atoms with Crippen molar-refractivity contribution in [3.63, 3.8) is 0 Å². The summed E-state index contributed by atoms with van der Waals surface area (Å²) in [7, 11) is 1.51. The number of likely N-dealkylation sites (N-methyl/N-ethyl adjacent to an activating group) is 1. The Morgan fingerprint density at radius 3 is 2.41 bits per heavy atom. The Morgan fingerprint density at radius 2 is 1.70 bits per heavy atom. The molecule has 3 N–H and O–H groups in total. The molecule has 18 heteroatoms. The minimum atomic E-state index is -0.993. The van der Waals surface area contributed by atoms with Gasteiger partial charge in [-0.05, 0) is 87.9 Å². The molecule has 3 fully saturated rings. The lowest BCUT2D eigenvalue weighted by Crippen LogP contribution is -2.54. The van der Waals surface area contributed by atoms with Gasteiger partial charge in [0.15, 0.2) is 18.2 Å². The number of pyridine rings is 1. The number of hydrogen-bond acceptors (Lipinski definition) is 13. The molecule has 0 spiro atoms. The van der Waals surface area contributed by atoms with Crippen molar-refractivity contribution >= 4 is 75.2 Å². The summed E-state index contributed by atoms with van der Waals surface area (Å²) in [5.74, 6) is -0.703. The predicted molar refractivity (Wildman–Crippen MR) is 230 cm³/mol. The number of amides is 5. The number of halogens is 1. The van der Waals surface area contributed by atoms with Gasteiger partial charge >= 0.3 is 0 Å². The van der Waals surface area contributed by atoms with Crippen LogP contribution in [0.5, 0.6) is 5.75 Å². The molecule has 17 nitrogen and oxygen atoms in total. The molecule has 320 valence electrons. The summed E-state index contributed by atoms with van der Waals surface area (Å²) in [5, 5.41) is 9.19. The molecule has 6 heterocycles. The maximum absolute atomic E-state index is 13.6. The van der Waals surface area contributed by atoms with Crippen molar-refractivity contribution < 1.29 is 28.7 Å². The molecule has 1 unspecified atom stereocenters. The Labute approximate surface area is 357 Å². The van der Waals surface area contributed by atoms with E-state index in [2.05, 4.69) is 35.6 Å². The number of carbonyl (C=O) groups excluding carboxylic acids is 5. The number of nitrogens with one attached hydrogen (secondary N) is 3. The van der Waals surface area contributed by atoms with Crippen LogP contribution in [-0.2, 0) is 14.4 Å². The first kappa shape index (κ1) is 41.7. The number of fused-ring (bicyclic) bond motifs is 2. The smallest absolute Gasteiger partial charge is 0.293 e. The monoisotopic (exact) mass is 852 g/mol. The highest BCUT2D eigenvalue weighted by Crippen LogP contribution is 2.35. The number of piperazine rings is 1. The molecule has 4 aliphatic heterocycles. The van der Waals surface area contributed by atoms with Gasteiger partial charge in [0.25, 0.3) is 23.3 Å². The van der Waals surface area contributed by atoms with Crippen molar-refractivity contribution in [2.24, 2.45) is 5.92 Å². The lowest BCUT2D eigenvalue weighted by Gasteiger charge is -2.40. The second kappa shape index (κ2) is 17.1. The molecule has 0 radical (unpaired) electrons. The van der Waals surface area contributed by atoms with Gasteiger partial charge < -0.3 is 29.7 Å². The lowest BCUT2D eigenvalue weighted by molar-refractivity contribution is -0.136. The number of imide groups is 2. The fourth-order valence-corrected chi connectivity index (χ4v) is 9.01. The molecular formula is C43H49ClN10O7. The van der Waals surface area contributed by atoms with E-state index in [4.69, 9.17) is 21.3 Å². The first-order valence-corrected chi connectivity index (χ1v) is 21.1. The average Bonchev–Trinajstić information content (AvgIpc) is 3.50. The normalized spacial score (nSPS) is 18.9. The summed E-state index contributed by atoms with van der Waals surface area (Å²) in [5.41, 5.74) is 3.38. The zero-order valence-electron chi connectivity index (χ0n) is 34.6. The van der Waals surface area contributed by atoms with E-state index >= 15 is 0 Å². The van der Waals surface area contributed by atoms with E-state index in [1.165, 1.54) is 7.05 Å². The molecule has 5 amide bonds. The van der Waals surface area contributed by atoms with Crippen LogP contribution in [0, 0.1) is 12.8 Å². The van der Waals surface area contributed by atoms with Gasteiger partial charge in [0.1, 0.15) is 11.1 Å². The Bertz CT molecular complexity index is 2490. The molecule has 8 rings (SSSR count). The van der Waals surface area contributed by atoms with Gasteiger partial charge in [-0.2, -0.15) is 4.98 Å². The van der Waals surface area contributed by atoms with Crippen LogP contribution < -0.4 is 36.0 Å². The molecule has 4 aromatic rings. The summed E-state index contributed by atoms with van der Waals surface area (Å²) in [6, 6.07) is 9.70. The third-order valence-corrected chi connectivity index (χ3v) is 12.4. The summed E-state index contributed by atoms with van der Waals surface area (Å²) >= 11 is 6.60. The Kier molecular flexibility index (Phi) is 11.7. The number of nitrogens with zero attached hydrogens (tertiary/aromatic N) is 7. The third kappa shape index (κ3) is 8.23. The fourth-order valence-electron chi connectivity index (χ4n) is 8.87.